The molecule has 2 aromatic carbocycles. The highest BCUT2D eigenvalue weighted by Gasteiger charge is 2.25. The molecule has 1 atom stereocenters. The van der Waals surface area contributed by atoms with Crippen LogP contribution < -0.4 is 5.73 Å². The molecule has 0 aliphatic carbocycles. The second kappa shape index (κ2) is 9.36. The zero-order valence-electron chi connectivity index (χ0n) is 15.5. The first-order valence-electron chi connectivity index (χ1n) is 9.47. The van der Waals surface area contributed by atoms with Crippen molar-refractivity contribution in [2.24, 2.45) is 11.7 Å². The van der Waals surface area contributed by atoms with Crippen molar-refractivity contribution in [3.05, 3.63) is 71.3 Å². The molecule has 4 nitrogen and oxygen atoms in total. The number of nitrogens with two attached hydrogens (primary N) is 1. The quantitative estimate of drug-likeness (QED) is 0.820. The molecule has 0 radical (unpaired) electrons. The number of nitrogens with zero attached hydrogens (tertiary/aromatic N) is 1. The predicted molar refractivity (Wildman–Crippen MR) is 107 cm³/mol. The maximum Gasteiger partial charge on any atom is 0.241 e. The van der Waals surface area contributed by atoms with E-state index < -0.39 is 6.04 Å². The molecule has 0 spiro atoms. The molecule has 1 heterocycles. The molecular weight excluding hydrogens is 336 g/mol. The summed E-state index contributed by atoms with van der Waals surface area (Å²) >= 11 is 0. The Labute approximate surface area is 161 Å². The molecule has 1 fully saturated rings. The molecule has 1 aliphatic rings. The van der Waals surface area contributed by atoms with Gasteiger partial charge in [0.05, 0.1) is 6.61 Å². The SMILES string of the molecule is N[C@H](CO)C(=O)N1CCC(Cc2cccc(C#Cc3ccccc3)c2)CC1. The number of rotatable bonds is 4. The van der Waals surface area contributed by atoms with Crippen molar-refractivity contribution < 1.29 is 9.90 Å². The van der Waals surface area contributed by atoms with Gasteiger partial charge in [-0.1, -0.05) is 42.2 Å². The van der Waals surface area contributed by atoms with Gasteiger partial charge < -0.3 is 15.7 Å². The van der Waals surface area contributed by atoms with Crippen molar-refractivity contribution in [1.82, 2.24) is 4.90 Å². The topological polar surface area (TPSA) is 66.6 Å². The van der Waals surface area contributed by atoms with E-state index in [1.54, 1.807) is 4.90 Å². The minimum absolute atomic E-state index is 0.144. The summed E-state index contributed by atoms with van der Waals surface area (Å²) < 4.78 is 0. The number of carbonyl (C=O) groups excluding carboxylic acids is 1. The van der Waals surface area contributed by atoms with Crippen molar-refractivity contribution in [2.75, 3.05) is 19.7 Å². The fourth-order valence-electron chi connectivity index (χ4n) is 3.45. The van der Waals surface area contributed by atoms with Crippen molar-refractivity contribution in [3.63, 3.8) is 0 Å². The number of aliphatic hydroxyl groups is 1. The molecule has 27 heavy (non-hydrogen) atoms. The van der Waals surface area contributed by atoms with Crippen LogP contribution in [0.4, 0.5) is 0 Å². The van der Waals surface area contributed by atoms with E-state index in [-0.39, 0.29) is 12.5 Å². The molecule has 140 valence electrons. The van der Waals surface area contributed by atoms with Crippen LogP contribution in [0.5, 0.6) is 0 Å². The number of piperidine rings is 1. The number of aliphatic hydroxyl groups excluding tert-OH is 1. The second-order valence-corrected chi connectivity index (χ2v) is 7.08. The Bertz CT molecular complexity index is 815. The monoisotopic (exact) mass is 362 g/mol. The summed E-state index contributed by atoms with van der Waals surface area (Å²) in [6.45, 7) is 1.13. The molecule has 0 saturated carbocycles. The Morgan fingerprint density at radius 2 is 1.74 bits per heavy atom. The van der Waals surface area contributed by atoms with Crippen LogP contribution in [0.25, 0.3) is 0 Å². The maximum absolute atomic E-state index is 12.1. The smallest absolute Gasteiger partial charge is 0.241 e. The summed E-state index contributed by atoms with van der Waals surface area (Å²) in [7, 11) is 0. The van der Waals surface area contributed by atoms with Gasteiger partial charge in [-0.3, -0.25) is 4.79 Å². The minimum atomic E-state index is -0.790. The Morgan fingerprint density at radius 3 is 2.44 bits per heavy atom. The summed E-state index contributed by atoms with van der Waals surface area (Å²) in [4.78, 5) is 13.8. The molecule has 3 rings (SSSR count). The van der Waals surface area contributed by atoms with Gasteiger partial charge in [-0.05, 0) is 55.0 Å². The first kappa shape index (κ1) is 19.2. The number of hydrogen-bond acceptors (Lipinski definition) is 3. The van der Waals surface area contributed by atoms with Crippen LogP contribution in [0.3, 0.4) is 0 Å². The number of hydrogen-bond donors (Lipinski definition) is 2. The number of carbonyl (C=O) groups is 1. The van der Waals surface area contributed by atoms with E-state index in [4.69, 9.17) is 10.8 Å². The van der Waals surface area contributed by atoms with Crippen LogP contribution in [0.2, 0.25) is 0 Å². The molecule has 2 aromatic rings. The Kier molecular flexibility index (Phi) is 6.64. The normalized spacial score (nSPS) is 15.7. The van der Waals surface area contributed by atoms with Gasteiger partial charge in [-0.2, -0.15) is 0 Å². The summed E-state index contributed by atoms with van der Waals surface area (Å²) in [5.74, 6) is 6.85. The van der Waals surface area contributed by atoms with E-state index in [9.17, 15) is 4.79 Å². The Morgan fingerprint density at radius 1 is 1.07 bits per heavy atom. The molecule has 1 saturated heterocycles. The van der Waals surface area contributed by atoms with Gasteiger partial charge in [0.15, 0.2) is 0 Å². The van der Waals surface area contributed by atoms with Crippen LogP contribution in [-0.2, 0) is 11.2 Å². The molecule has 1 amide bonds. The van der Waals surface area contributed by atoms with Crippen LogP contribution >= 0.6 is 0 Å². The zero-order valence-corrected chi connectivity index (χ0v) is 15.5. The van der Waals surface area contributed by atoms with Gasteiger partial charge in [0.2, 0.25) is 5.91 Å². The predicted octanol–water partition coefficient (Wildman–Crippen LogP) is 2.19. The van der Waals surface area contributed by atoms with Crippen LogP contribution in [-0.4, -0.2) is 41.7 Å². The molecule has 0 aromatic heterocycles. The summed E-state index contributed by atoms with van der Waals surface area (Å²) in [6.07, 6.45) is 2.92. The lowest BCUT2D eigenvalue weighted by Crippen LogP contribution is -2.48. The Balaban J connectivity index is 1.56. The van der Waals surface area contributed by atoms with Gasteiger partial charge in [0, 0.05) is 24.2 Å². The van der Waals surface area contributed by atoms with Crippen molar-refractivity contribution in [3.8, 4) is 11.8 Å². The van der Waals surface area contributed by atoms with E-state index in [1.165, 1.54) is 5.56 Å². The number of likely N-dealkylation sites (tertiary alicyclic amines) is 1. The average Bonchev–Trinajstić information content (AvgIpc) is 2.73. The molecule has 3 N–H and O–H groups in total. The summed E-state index contributed by atoms with van der Waals surface area (Å²) in [5.41, 5.74) is 8.96. The van der Waals surface area contributed by atoms with Gasteiger partial charge in [-0.15, -0.1) is 0 Å². The molecule has 0 bridgehead atoms. The van der Waals surface area contributed by atoms with E-state index >= 15 is 0 Å². The van der Waals surface area contributed by atoms with Gasteiger partial charge in [0.25, 0.3) is 0 Å². The van der Waals surface area contributed by atoms with E-state index in [1.807, 2.05) is 36.4 Å². The van der Waals surface area contributed by atoms with Gasteiger partial charge in [0.1, 0.15) is 6.04 Å². The van der Waals surface area contributed by atoms with Crippen LogP contribution in [0.1, 0.15) is 29.5 Å². The largest absolute Gasteiger partial charge is 0.394 e. The lowest BCUT2D eigenvalue weighted by molar-refractivity contribution is -0.134. The first-order chi connectivity index (χ1) is 13.2. The summed E-state index contributed by atoms with van der Waals surface area (Å²) in [5, 5.41) is 9.04. The highest BCUT2D eigenvalue weighted by Crippen LogP contribution is 2.22. The van der Waals surface area contributed by atoms with E-state index in [2.05, 4.69) is 30.0 Å². The highest BCUT2D eigenvalue weighted by atomic mass is 16.3. The van der Waals surface area contributed by atoms with Gasteiger partial charge in [-0.25, -0.2) is 0 Å². The lowest BCUT2D eigenvalue weighted by atomic mass is 9.89. The average molecular weight is 362 g/mol. The first-order valence-corrected chi connectivity index (χ1v) is 9.47. The molecule has 1 aliphatic heterocycles. The van der Waals surface area contributed by atoms with Crippen molar-refractivity contribution in [1.29, 1.82) is 0 Å². The maximum atomic E-state index is 12.1. The third-order valence-electron chi connectivity index (χ3n) is 5.02. The van der Waals surface area contributed by atoms with Gasteiger partial charge >= 0.3 is 0 Å². The third kappa shape index (κ3) is 5.43. The van der Waals surface area contributed by atoms with Crippen LogP contribution in [0, 0.1) is 17.8 Å². The molecular formula is C23H26N2O2. The summed E-state index contributed by atoms with van der Waals surface area (Å²) in [6, 6.07) is 17.6. The standard InChI is InChI=1S/C23H26N2O2/c24-22(17-26)23(27)25-13-11-20(12-14-25)16-21-8-4-7-19(15-21)10-9-18-5-2-1-3-6-18/h1-8,15,20,22,26H,11-14,16-17,24H2/t22-/m1/s1. The minimum Gasteiger partial charge on any atom is -0.394 e. The van der Waals surface area contributed by atoms with Crippen molar-refractivity contribution >= 4 is 5.91 Å². The molecule has 0 unspecified atom stereocenters. The Hall–Kier alpha value is -2.61. The number of amides is 1. The third-order valence-corrected chi connectivity index (χ3v) is 5.02. The van der Waals surface area contributed by atoms with Crippen LogP contribution in [0.15, 0.2) is 54.6 Å². The number of benzene rings is 2. The van der Waals surface area contributed by atoms with E-state index in [0.29, 0.717) is 19.0 Å². The fourth-order valence-corrected chi connectivity index (χ4v) is 3.45. The molecule has 4 heteroatoms. The lowest BCUT2D eigenvalue weighted by Gasteiger charge is -2.33. The fraction of sp³-hybridized carbons (Fsp3) is 0.348. The second-order valence-electron chi connectivity index (χ2n) is 7.08. The van der Waals surface area contributed by atoms with Crippen molar-refractivity contribution in [2.45, 2.75) is 25.3 Å². The zero-order chi connectivity index (χ0) is 19.1. The van der Waals surface area contributed by atoms with E-state index in [0.717, 1.165) is 30.4 Å². The highest BCUT2D eigenvalue weighted by molar-refractivity contribution is 5.81.